The molecule has 1 aromatic carbocycles. The molecule has 0 aliphatic heterocycles. The van der Waals surface area contributed by atoms with Crippen LogP contribution in [0.3, 0.4) is 0 Å². The summed E-state index contributed by atoms with van der Waals surface area (Å²) in [7, 11) is 1.65. The van der Waals surface area contributed by atoms with E-state index in [1.165, 1.54) is 4.68 Å². The summed E-state index contributed by atoms with van der Waals surface area (Å²) in [6.07, 6.45) is 2.73. The van der Waals surface area contributed by atoms with E-state index in [1.807, 2.05) is 47.9 Å². The number of hydrogen-bond acceptors (Lipinski definition) is 4. The number of nitrogens with one attached hydrogen (secondary N) is 1. The van der Waals surface area contributed by atoms with Crippen LogP contribution in [-0.2, 0) is 24.9 Å². The van der Waals surface area contributed by atoms with Gasteiger partial charge in [-0.05, 0) is 31.5 Å². The van der Waals surface area contributed by atoms with Crippen molar-refractivity contribution in [1.29, 1.82) is 0 Å². The second-order valence-electron chi connectivity index (χ2n) is 6.90. The highest BCUT2D eigenvalue weighted by Gasteiger charge is 2.15. The van der Waals surface area contributed by atoms with Gasteiger partial charge in [0.25, 0.3) is 5.56 Å². The Morgan fingerprint density at radius 2 is 2.00 bits per heavy atom. The molecule has 0 radical (unpaired) electrons. The van der Waals surface area contributed by atoms with Gasteiger partial charge >= 0.3 is 0 Å². The fourth-order valence-corrected chi connectivity index (χ4v) is 3.53. The number of carbonyl (C=O) groups excluding carboxylic acids is 1. The molecule has 3 heterocycles. The lowest BCUT2D eigenvalue weighted by Gasteiger charge is -2.08. The van der Waals surface area contributed by atoms with Crippen LogP contribution in [0.15, 0.2) is 51.8 Å². The molecule has 0 saturated heterocycles. The molecule has 0 bridgehead atoms. The van der Waals surface area contributed by atoms with Gasteiger partial charge in [0.05, 0.1) is 12.7 Å². The molecule has 1 amide bonds. The first kappa shape index (κ1) is 18.0. The van der Waals surface area contributed by atoms with Crippen molar-refractivity contribution in [3.8, 4) is 0 Å². The second kappa shape index (κ2) is 7.34. The SMILES string of the molecule is Cc1ccc(CNC(=O)CCCn2c3ccccc3c3cnn(C)c(=O)c32)o1. The molecule has 1 N–H and O–H groups in total. The Hall–Kier alpha value is -3.35. The number of nitrogens with zero attached hydrogens (tertiary/aromatic N) is 3. The molecule has 0 aliphatic carbocycles. The molecule has 0 saturated carbocycles. The molecule has 0 fully saturated rings. The quantitative estimate of drug-likeness (QED) is 0.559. The number of aryl methyl sites for hydroxylation is 3. The van der Waals surface area contributed by atoms with Gasteiger partial charge in [-0.3, -0.25) is 9.59 Å². The summed E-state index contributed by atoms with van der Waals surface area (Å²) in [6.45, 7) is 2.83. The number of hydrogen-bond donors (Lipinski definition) is 1. The van der Waals surface area contributed by atoms with Crippen LogP contribution in [0.1, 0.15) is 24.4 Å². The van der Waals surface area contributed by atoms with Gasteiger partial charge in [-0.1, -0.05) is 18.2 Å². The number of benzene rings is 1. The minimum absolute atomic E-state index is 0.0376. The highest BCUT2D eigenvalue weighted by atomic mass is 16.3. The van der Waals surface area contributed by atoms with Crippen molar-refractivity contribution in [1.82, 2.24) is 19.7 Å². The highest BCUT2D eigenvalue weighted by Crippen LogP contribution is 2.26. The van der Waals surface area contributed by atoms with Crippen molar-refractivity contribution in [3.05, 3.63) is 64.5 Å². The number of fused-ring (bicyclic) bond motifs is 3. The van der Waals surface area contributed by atoms with Crippen LogP contribution in [0.4, 0.5) is 0 Å². The summed E-state index contributed by atoms with van der Waals surface area (Å²) in [4.78, 5) is 24.8. The predicted octanol–water partition coefficient (Wildman–Crippen LogP) is 2.89. The van der Waals surface area contributed by atoms with Gasteiger partial charge in [0, 0.05) is 36.3 Å². The van der Waals surface area contributed by atoms with Gasteiger partial charge < -0.3 is 14.3 Å². The lowest BCUT2D eigenvalue weighted by Crippen LogP contribution is -2.23. The standard InChI is InChI=1S/C21H22N4O3/c1-14-9-10-15(28-14)12-22-19(26)8-5-11-25-18-7-4-3-6-16(18)17-13-23-24(2)21(27)20(17)25/h3-4,6-7,9-10,13H,5,8,11-12H2,1-2H3,(H,22,26). The van der Waals surface area contributed by atoms with E-state index in [2.05, 4.69) is 10.4 Å². The zero-order valence-corrected chi connectivity index (χ0v) is 15.9. The van der Waals surface area contributed by atoms with Crippen LogP contribution < -0.4 is 10.9 Å². The zero-order valence-electron chi connectivity index (χ0n) is 15.9. The van der Waals surface area contributed by atoms with Gasteiger partial charge in [0.1, 0.15) is 17.0 Å². The molecule has 0 spiro atoms. The number of rotatable bonds is 6. The Labute approximate surface area is 161 Å². The minimum atomic E-state index is -0.133. The fourth-order valence-electron chi connectivity index (χ4n) is 3.53. The summed E-state index contributed by atoms with van der Waals surface area (Å²) >= 11 is 0. The van der Waals surface area contributed by atoms with E-state index in [0.717, 1.165) is 27.8 Å². The van der Waals surface area contributed by atoms with E-state index >= 15 is 0 Å². The van der Waals surface area contributed by atoms with Gasteiger partial charge in [-0.25, -0.2) is 4.68 Å². The third-order valence-corrected chi connectivity index (χ3v) is 4.91. The van der Waals surface area contributed by atoms with Gasteiger partial charge in [0.15, 0.2) is 0 Å². The Kier molecular flexibility index (Phi) is 4.73. The van der Waals surface area contributed by atoms with Gasteiger partial charge in [0.2, 0.25) is 5.91 Å². The number of aromatic nitrogens is 3. The normalized spacial score (nSPS) is 11.4. The molecule has 3 aromatic heterocycles. The van der Waals surface area contributed by atoms with E-state index in [1.54, 1.807) is 13.2 Å². The second-order valence-corrected chi connectivity index (χ2v) is 6.90. The molecular formula is C21H22N4O3. The van der Waals surface area contributed by atoms with E-state index in [4.69, 9.17) is 4.42 Å². The van der Waals surface area contributed by atoms with Gasteiger partial charge in [-0.2, -0.15) is 5.10 Å². The number of amides is 1. The van der Waals surface area contributed by atoms with E-state index in [0.29, 0.717) is 31.4 Å². The maximum atomic E-state index is 12.7. The summed E-state index contributed by atoms with van der Waals surface area (Å²) in [5.74, 6) is 1.53. The summed E-state index contributed by atoms with van der Waals surface area (Å²) in [5.41, 5.74) is 1.48. The first-order valence-corrected chi connectivity index (χ1v) is 9.30. The molecule has 7 nitrogen and oxygen atoms in total. The maximum absolute atomic E-state index is 12.7. The average Bonchev–Trinajstić information content (AvgIpc) is 3.25. The lowest BCUT2D eigenvalue weighted by molar-refractivity contribution is -0.121. The molecule has 4 aromatic rings. The molecule has 28 heavy (non-hydrogen) atoms. The smallest absolute Gasteiger partial charge is 0.291 e. The fraction of sp³-hybridized carbons (Fsp3) is 0.286. The van der Waals surface area contributed by atoms with Crippen molar-refractivity contribution < 1.29 is 9.21 Å². The molecular weight excluding hydrogens is 356 g/mol. The third-order valence-electron chi connectivity index (χ3n) is 4.91. The van der Waals surface area contributed by atoms with Crippen LogP contribution in [-0.4, -0.2) is 20.3 Å². The highest BCUT2D eigenvalue weighted by molar-refractivity contribution is 6.07. The third kappa shape index (κ3) is 3.31. The predicted molar refractivity (Wildman–Crippen MR) is 107 cm³/mol. The lowest BCUT2D eigenvalue weighted by atomic mass is 10.2. The van der Waals surface area contributed by atoms with Crippen molar-refractivity contribution in [2.75, 3.05) is 0 Å². The van der Waals surface area contributed by atoms with E-state index in [-0.39, 0.29) is 11.5 Å². The van der Waals surface area contributed by atoms with E-state index in [9.17, 15) is 9.59 Å². The van der Waals surface area contributed by atoms with Crippen molar-refractivity contribution >= 4 is 27.7 Å². The Morgan fingerprint density at radius 3 is 2.79 bits per heavy atom. The number of furan rings is 1. The van der Waals surface area contributed by atoms with Crippen molar-refractivity contribution in [3.63, 3.8) is 0 Å². The zero-order chi connectivity index (χ0) is 19.7. The molecule has 4 rings (SSSR count). The largest absolute Gasteiger partial charge is 0.465 e. The first-order chi connectivity index (χ1) is 13.5. The summed E-state index contributed by atoms with van der Waals surface area (Å²) in [6, 6.07) is 11.6. The summed E-state index contributed by atoms with van der Waals surface area (Å²) in [5, 5.41) is 8.87. The molecule has 144 valence electrons. The molecule has 7 heteroatoms. The van der Waals surface area contributed by atoms with Crippen LogP contribution in [0, 0.1) is 6.92 Å². The first-order valence-electron chi connectivity index (χ1n) is 9.30. The van der Waals surface area contributed by atoms with Crippen molar-refractivity contribution in [2.45, 2.75) is 32.9 Å². The van der Waals surface area contributed by atoms with Crippen LogP contribution in [0.5, 0.6) is 0 Å². The monoisotopic (exact) mass is 378 g/mol. The van der Waals surface area contributed by atoms with Crippen LogP contribution in [0.2, 0.25) is 0 Å². The van der Waals surface area contributed by atoms with Crippen molar-refractivity contribution in [2.24, 2.45) is 7.05 Å². The molecule has 0 aliphatic rings. The number of carbonyl (C=O) groups is 1. The summed E-state index contributed by atoms with van der Waals surface area (Å²) < 4.78 is 8.80. The Bertz CT molecular complexity index is 1220. The molecule has 0 atom stereocenters. The van der Waals surface area contributed by atoms with E-state index < -0.39 is 0 Å². The Balaban J connectivity index is 1.50. The molecule has 0 unspecified atom stereocenters. The number of para-hydroxylation sites is 1. The average molecular weight is 378 g/mol. The van der Waals surface area contributed by atoms with Gasteiger partial charge in [-0.15, -0.1) is 0 Å². The van der Waals surface area contributed by atoms with Crippen LogP contribution in [0.25, 0.3) is 21.8 Å². The topological polar surface area (TPSA) is 82.1 Å². The minimum Gasteiger partial charge on any atom is -0.465 e. The van der Waals surface area contributed by atoms with Crippen LogP contribution >= 0.6 is 0 Å². The maximum Gasteiger partial charge on any atom is 0.291 e. The Morgan fingerprint density at radius 1 is 1.18 bits per heavy atom.